The van der Waals surface area contributed by atoms with Crippen LogP contribution in [0.3, 0.4) is 0 Å². The van der Waals surface area contributed by atoms with Gasteiger partial charge >= 0.3 is 17.9 Å². The normalized spacial score (nSPS) is 12.1. The van der Waals surface area contributed by atoms with Gasteiger partial charge in [-0.05, 0) is 70.6 Å². The highest BCUT2D eigenvalue weighted by atomic mass is 16.6. The molecule has 0 saturated heterocycles. The molecule has 0 aliphatic heterocycles. The molecule has 0 heterocycles. The van der Waals surface area contributed by atoms with Gasteiger partial charge in [0, 0.05) is 19.3 Å². The van der Waals surface area contributed by atoms with Gasteiger partial charge < -0.3 is 14.2 Å². The zero-order valence-electron chi connectivity index (χ0n) is 55.1. The van der Waals surface area contributed by atoms with Crippen molar-refractivity contribution in [3.8, 4) is 0 Å². The van der Waals surface area contributed by atoms with Gasteiger partial charge in [0.15, 0.2) is 6.10 Å². The molecule has 81 heavy (non-hydrogen) atoms. The van der Waals surface area contributed by atoms with Gasteiger partial charge in [0.25, 0.3) is 0 Å². The average molecular weight is 1140 g/mol. The third-order valence-electron chi connectivity index (χ3n) is 16.9. The number of carbonyl (C=O) groups excluding carboxylic acids is 3. The molecular weight excluding hydrogens is 997 g/mol. The highest BCUT2D eigenvalue weighted by Crippen LogP contribution is 2.19. The van der Waals surface area contributed by atoms with Crippen LogP contribution in [-0.2, 0) is 28.6 Å². The number of hydrogen-bond donors (Lipinski definition) is 0. The minimum absolute atomic E-state index is 0.0655. The molecule has 0 spiro atoms. The van der Waals surface area contributed by atoms with Crippen LogP contribution in [0.1, 0.15) is 419 Å². The third-order valence-corrected chi connectivity index (χ3v) is 16.9. The van der Waals surface area contributed by atoms with Crippen molar-refractivity contribution >= 4 is 17.9 Å². The Labute approximate surface area is 506 Å². The van der Waals surface area contributed by atoms with Crippen LogP contribution in [0.4, 0.5) is 0 Å². The highest BCUT2D eigenvalue weighted by molar-refractivity contribution is 5.71. The molecule has 0 aliphatic carbocycles. The van der Waals surface area contributed by atoms with Crippen molar-refractivity contribution in [2.75, 3.05) is 13.2 Å². The van der Waals surface area contributed by atoms with Gasteiger partial charge in [0.1, 0.15) is 13.2 Å². The van der Waals surface area contributed by atoms with E-state index >= 15 is 0 Å². The Morgan fingerprint density at radius 2 is 0.407 bits per heavy atom. The van der Waals surface area contributed by atoms with E-state index in [1.54, 1.807) is 0 Å². The van der Waals surface area contributed by atoms with Crippen molar-refractivity contribution in [1.82, 2.24) is 0 Å². The van der Waals surface area contributed by atoms with E-state index in [4.69, 9.17) is 14.2 Å². The quantitative estimate of drug-likeness (QED) is 0.0261. The number of allylic oxidation sites excluding steroid dienone is 4. The molecule has 6 heteroatoms. The van der Waals surface area contributed by atoms with Crippen LogP contribution in [0.25, 0.3) is 0 Å². The first-order chi connectivity index (χ1) is 40.0. The van der Waals surface area contributed by atoms with E-state index in [2.05, 4.69) is 45.1 Å². The number of esters is 3. The Morgan fingerprint density at radius 1 is 0.235 bits per heavy atom. The van der Waals surface area contributed by atoms with E-state index in [0.717, 1.165) is 64.2 Å². The number of ether oxygens (including phenoxy) is 3. The predicted octanol–water partition coefficient (Wildman–Crippen LogP) is 25.3. The van der Waals surface area contributed by atoms with E-state index in [9.17, 15) is 14.4 Å². The third kappa shape index (κ3) is 68.6. The molecule has 0 bridgehead atoms. The Kier molecular flexibility index (Phi) is 68.5. The van der Waals surface area contributed by atoms with Gasteiger partial charge in [0.05, 0.1) is 0 Å². The zero-order valence-corrected chi connectivity index (χ0v) is 55.1. The van der Waals surface area contributed by atoms with Crippen LogP contribution < -0.4 is 0 Å². The van der Waals surface area contributed by atoms with E-state index in [-0.39, 0.29) is 31.1 Å². The molecular formula is C75H142O6. The summed E-state index contributed by atoms with van der Waals surface area (Å²) in [6.45, 7) is 6.63. The maximum absolute atomic E-state index is 12.9. The highest BCUT2D eigenvalue weighted by Gasteiger charge is 2.19. The van der Waals surface area contributed by atoms with Gasteiger partial charge in [-0.3, -0.25) is 14.4 Å². The molecule has 0 fully saturated rings. The summed E-state index contributed by atoms with van der Waals surface area (Å²) in [7, 11) is 0. The Bertz CT molecular complexity index is 1310. The lowest BCUT2D eigenvalue weighted by molar-refractivity contribution is -0.167. The van der Waals surface area contributed by atoms with Crippen molar-refractivity contribution < 1.29 is 28.6 Å². The molecule has 0 saturated carbocycles. The monoisotopic (exact) mass is 1140 g/mol. The minimum atomic E-state index is -0.765. The first kappa shape index (κ1) is 78.9. The molecule has 6 nitrogen and oxygen atoms in total. The Balaban J connectivity index is 3.89. The van der Waals surface area contributed by atoms with Crippen LogP contribution in [0.2, 0.25) is 0 Å². The lowest BCUT2D eigenvalue weighted by atomic mass is 10.0. The van der Waals surface area contributed by atoms with E-state index in [1.165, 1.54) is 315 Å². The average Bonchev–Trinajstić information content (AvgIpc) is 3.47. The summed E-state index contributed by atoms with van der Waals surface area (Å²) >= 11 is 0. The van der Waals surface area contributed by atoms with Gasteiger partial charge in [-0.2, -0.15) is 0 Å². The van der Waals surface area contributed by atoms with Crippen molar-refractivity contribution in [2.24, 2.45) is 0 Å². The summed E-state index contributed by atoms with van der Waals surface area (Å²) in [4.78, 5) is 38.0. The standard InChI is InChI=1S/C75H142O6/c1-4-7-10-13-15-17-19-21-23-25-27-29-31-33-35-36-37-38-40-41-43-45-47-49-51-53-55-57-59-62-65-68-74(77)80-71-72(70-79-73(76)67-64-61-12-9-6-3)81-75(78)69-66-63-60-58-56-54-52-50-48-46-44-42-39-34-32-30-28-26-24-22-20-18-16-14-11-8-5-2/h25-28,72H,4-24,29-71H2,1-3H3/b27-25-,28-26-. The first-order valence-electron chi connectivity index (χ1n) is 36.8. The summed E-state index contributed by atoms with van der Waals surface area (Å²) in [6.07, 6.45) is 87.2. The molecule has 0 aliphatic rings. The number of rotatable bonds is 69. The maximum atomic E-state index is 12.9. The Hall–Kier alpha value is -2.11. The van der Waals surface area contributed by atoms with Crippen molar-refractivity contribution in [1.29, 1.82) is 0 Å². The first-order valence-corrected chi connectivity index (χ1v) is 36.8. The molecule has 0 aromatic rings. The van der Waals surface area contributed by atoms with E-state index < -0.39 is 6.10 Å². The summed E-state index contributed by atoms with van der Waals surface area (Å²) in [6, 6.07) is 0. The second-order valence-electron chi connectivity index (χ2n) is 25.2. The number of carbonyl (C=O) groups is 3. The van der Waals surface area contributed by atoms with Gasteiger partial charge in [0.2, 0.25) is 0 Å². The minimum Gasteiger partial charge on any atom is -0.462 e. The maximum Gasteiger partial charge on any atom is 0.306 e. The molecule has 478 valence electrons. The van der Waals surface area contributed by atoms with Crippen molar-refractivity contribution in [3.63, 3.8) is 0 Å². The van der Waals surface area contributed by atoms with Crippen LogP contribution in [0, 0.1) is 0 Å². The number of unbranched alkanes of at least 4 members (excludes halogenated alkanes) is 54. The van der Waals surface area contributed by atoms with Crippen LogP contribution in [0.15, 0.2) is 24.3 Å². The van der Waals surface area contributed by atoms with Crippen LogP contribution >= 0.6 is 0 Å². The summed E-state index contributed by atoms with van der Waals surface area (Å²) in [5.74, 6) is -0.850. The van der Waals surface area contributed by atoms with E-state index in [0.29, 0.717) is 19.3 Å². The summed E-state index contributed by atoms with van der Waals surface area (Å²) in [5.41, 5.74) is 0. The summed E-state index contributed by atoms with van der Waals surface area (Å²) in [5, 5.41) is 0. The fourth-order valence-corrected chi connectivity index (χ4v) is 11.4. The second kappa shape index (κ2) is 70.4. The smallest absolute Gasteiger partial charge is 0.306 e. The molecule has 0 radical (unpaired) electrons. The molecule has 0 rings (SSSR count). The predicted molar refractivity (Wildman–Crippen MR) is 353 cm³/mol. The second-order valence-corrected chi connectivity index (χ2v) is 25.2. The van der Waals surface area contributed by atoms with Gasteiger partial charge in [-0.25, -0.2) is 0 Å². The molecule has 0 amide bonds. The van der Waals surface area contributed by atoms with Gasteiger partial charge in [-0.15, -0.1) is 0 Å². The van der Waals surface area contributed by atoms with Crippen molar-refractivity contribution in [3.05, 3.63) is 24.3 Å². The fraction of sp³-hybridized carbons (Fsp3) is 0.907. The topological polar surface area (TPSA) is 78.9 Å². The molecule has 1 unspecified atom stereocenters. The molecule has 0 aromatic carbocycles. The lowest BCUT2D eigenvalue weighted by Gasteiger charge is -2.18. The lowest BCUT2D eigenvalue weighted by Crippen LogP contribution is -2.30. The van der Waals surface area contributed by atoms with Gasteiger partial charge in [-0.1, -0.05) is 353 Å². The molecule has 0 aromatic heterocycles. The largest absolute Gasteiger partial charge is 0.462 e. The van der Waals surface area contributed by atoms with Crippen LogP contribution in [-0.4, -0.2) is 37.2 Å². The SMILES string of the molecule is CCCCCCCCCC/C=C\CCCCCCCCCCCCCCCCCCCCCC(=O)OCC(COC(=O)CCCCCCC)OC(=O)CCCCCCCCCCCCCCCCC/C=C\CCCCCCCCCC. The molecule has 0 N–H and O–H groups in total. The molecule has 1 atom stereocenters. The van der Waals surface area contributed by atoms with Crippen LogP contribution in [0.5, 0.6) is 0 Å². The summed E-state index contributed by atoms with van der Waals surface area (Å²) < 4.78 is 16.8. The fourth-order valence-electron chi connectivity index (χ4n) is 11.4. The Morgan fingerprint density at radius 3 is 0.617 bits per heavy atom. The zero-order chi connectivity index (χ0) is 58.5. The van der Waals surface area contributed by atoms with E-state index in [1.807, 2.05) is 0 Å². The number of hydrogen-bond acceptors (Lipinski definition) is 6. The van der Waals surface area contributed by atoms with Crippen molar-refractivity contribution in [2.45, 2.75) is 425 Å².